The van der Waals surface area contributed by atoms with Gasteiger partial charge in [0.1, 0.15) is 5.75 Å². The van der Waals surface area contributed by atoms with Crippen LogP contribution in [-0.4, -0.2) is 28.6 Å². The molecule has 2 saturated carbocycles. The van der Waals surface area contributed by atoms with Gasteiger partial charge >= 0.3 is 0 Å². The average Bonchev–Trinajstić information content (AvgIpc) is 3.04. The molecule has 2 aliphatic carbocycles. The number of rotatable bonds is 3. The van der Waals surface area contributed by atoms with Gasteiger partial charge in [0.25, 0.3) is 0 Å². The molecule has 3 fully saturated rings. The second-order valence-electron chi connectivity index (χ2n) is 7.60. The molecule has 1 unspecified atom stereocenters. The molecule has 1 aliphatic heterocycles. The Labute approximate surface area is 159 Å². The molecule has 4 rings (SSSR count). The quantitative estimate of drug-likeness (QED) is 0.809. The normalized spacial score (nSPS) is 30.2. The topological polar surface area (TPSA) is 38.3 Å². The molecule has 136 valence electrons. The third-order valence-electron chi connectivity index (χ3n) is 6.10. The van der Waals surface area contributed by atoms with Gasteiger partial charge in [0.05, 0.1) is 16.9 Å². The van der Waals surface area contributed by atoms with Crippen LogP contribution in [0.4, 0.5) is 5.69 Å². The first-order valence-corrected chi connectivity index (χ1v) is 11.3. The maximum absolute atomic E-state index is 13.0. The van der Waals surface area contributed by atoms with Crippen LogP contribution in [0.1, 0.15) is 37.7 Å². The number of benzene rings is 1. The maximum atomic E-state index is 13.0. The number of thioether (sulfide) groups is 2. The van der Waals surface area contributed by atoms with Gasteiger partial charge in [-0.2, -0.15) is 0 Å². The number of anilines is 1. The Morgan fingerprint density at radius 3 is 2.52 bits per heavy atom. The second-order valence-corrected chi connectivity index (χ2v) is 10.6. The molecule has 3 aliphatic rings. The third-order valence-corrected chi connectivity index (χ3v) is 10.1. The van der Waals surface area contributed by atoms with Crippen molar-refractivity contribution in [3.8, 4) is 5.75 Å². The fourth-order valence-electron chi connectivity index (χ4n) is 4.98. The highest BCUT2D eigenvalue weighted by atomic mass is 32.2. The summed E-state index contributed by atoms with van der Waals surface area (Å²) in [5.41, 5.74) is 1.94. The smallest absolute Gasteiger partial charge is 0.227 e. The molecule has 25 heavy (non-hydrogen) atoms. The van der Waals surface area contributed by atoms with Gasteiger partial charge < -0.3 is 10.1 Å². The molecular formula is C20H27NO2S2. The first kappa shape index (κ1) is 17.6. The number of hydrogen-bond acceptors (Lipinski definition) is 4. The van der Waals surface area contributed by atoms with Crippen molar-refractivity contribution in [2.75, 3.05) is 23.9 Å². The van der Waals surface area contributed by atoms with Crippen LogP contribution >= 0.6 is 23.5 Å². The largest absolute Gasteiger partial charge is 0.495 e. The zero-order chi connectivity index (χ0) is 17.4. The van der Waals surface area contributed by atoms with E-state index >= 15 is 0 Å². The summed E-state index contributed by atoms with van der Waals surface area (Å²) in [6, 6.07) is 5.95. The minimum atomic E-state index is 0.146. The molecule has 2 bridgehead atoms. The molecule has 3 atom stereocenters. The lowest BCUT2D eigenvalue weighted by atomic mass is 9.67. The highest BCUT2D eigenvalue weighted by Gasteiger charge is 2.55. The molecule has 1 amide bonds. The summed E-state index contributed by atoms with van der Waals surface area (Å²) in [6.07, 6.45) is 6.05. The van der Waals surface area contributed by atoms with Gasteiger partial charge in [-0.1, -0.05) is 12.5 Å². The van der Waals surface area contributed by atoms with E-state index in [4.69, 9.17) is 4.74 Å². The van der Waals surface area contributed by atoms with Gasteiger partial charge in [-0.15, -0.1) is 23.5 Å². The molecule has 1 spiro atoms. The highest BCUT2D eigenvalue weighted by Crippen LogP contribution is 2.64. The van der Waals surface area contributed by atoms with E-state index in [1.54, 1.807) is 7.11 Å². The number of carbonyl (C=O) groups excluding carboxylic acids is 1. The van der Waals surface area contributed by atoms with Crippen molar-refractivity contribution in [3.05, 3.63) is 23.8 Å². The number of amides is 1. The summed E-state index contributed by atoms with van der Waals surface area (Å²) >= 11 is 4.39. The van der Waals surface area contributed by atoms with Gasteiger partial charge in [0.2, 0.25) is 5.91 Å². The van der Waals surface area contributed by atoms with E-state index in [0.717, 1.165) is 29.8 Å². The minimum absolute atomic E-state index is 0.146. The van der Waals surface area contributed by atoms with Crippen LogP contribution in [0.2, 0.25) is 0 Å². The zero-order valence-corrected chi connectivity index (χ0v) is 16.7. The van der Waals surface area contributed by atoms with Crippen molar-refractivity contribution in [1.82, 2.24) is 0 Å². The van der Waals surface area contributed by atoms with Crippen molar-refractivity contribution < 1.29 is 9.53 Å². The van der Waals surface area contributed by atoms with Gasteiger partial charge in [-0.3, -0.25) is 4.79 Å². The van der Waals surface area contributed by atoms with E-state index in [-0.39, 0.29) is 11.8 Å². The molecule has 0 radical (unpaired) electrons. The van der Waals surface area contributed by atoms with E-state index in [0.29, 0.717) is 15.9 Å². The summed E-state index contributed by atoms with van der Waals surface area (Å²) < 4.78 is 5.84. The Hall–Kier alpha value is -0.810. The molecule has 0 aromatic heterocycles. The molecule has 3 nitrogen and oxygen atoms in total. The Kier molecular flexibility index (Phi) is 4.98. The lowest BCUT2D eigenvalue weighted by molar-refractivity contribution is -0.122. The number of nitrogens with one attached hydrogen (secondary N) is 1. The Morgan fingerprint density at radius 1 is 1.20 bits per heavy atom. The fraction of sp³-hybridized carbons (Fsp3) is 0.650. The number of aryl methyl sites for hydroxylation is 1. The summed E-state index contributed by atoms with van der Waals surface area (Å²) in [6.45, 7) is 2.04. The van der Waals surface area contributed by atoms with Crippen LogP contribution < -0.4 is 10.1 Å². The van der Waals surface area contributed by atoms with Crippen molar-refractivity contribution in [3.63, 3.8) is 0 Å². The first-order valence-electron chi connectivity index (χ1n) is 9.36. The second kappa shape index (κ2) is 7.07. The Morgan fingerprint density at radius 2 is 1.88 bits per heavy atom. The van der Waals surface area contributed by atoms with Crippen LogP contribution in [0.3, 0.4) is 0 Å². The fourth-order valence-corrected chi connectivity index (χ4v) is 8.91. The monoisotopic (exact) mass is 377 g/mol. The van der Waals surface area contributed by atoms with Crippen LogP contribution in [0.5, 0.6) is 5.75 Å². The van der Waals surface area contributed by atoms with E-state index < -0.39 is 0 Å². The van der Waals surface area contributed by atoms with E-state index in [9.17, 15) is 4.79 Å². The van der Waals surface area contributed by atoms with E-state index in [1.807, 2.05) is 25.1 Å². The minimum Gasteiger partial charge on any atom is -0.495 e. The summed E-state index contributed by atoms with van der Waals surface area (Å²) in [4.78, 5) is 13.0. The SMILES string of the molecule is COc1ccc(C)cc1NC(=O)C1C[C@H]2CCC[C@@H](C1)C21SCCS1. The van der Waals surface area contributed by atoms with Crippen molar-refractivity contribution >= 4 is 35.1 Å². The predicted molar refractivity (Wildman–Crippen MR) is 108 cm³/mol. The van der Waals surface area contributed by atoms with Crippen LogP contribution in [0.15, 0.2) is 18.2 Å². The number of carbonyl (C=O) groups is 1. The molecule has 1 heterocycles. The molecule has 5 heteroatoms. The summed E-state index contributed by atoms with van der Waals surface area (Å²) in [5, 5.41) is 3.16. The molecule has 1 aromatic rings. The Balaban J connectivity index is 1.50. The molecule has 1 N–H and O–H groups in total. The van der Waals surface area contributed by atoms with Crippen LogP contribution in [0, 0.1) is 24.7 Å². The van der Waals surface area contributed by atoms with Crippen LogP contribution in [0.25, 0.3) is 0 Å². The van der Waals surface area contributed by atoms with E-state index in [1.165, 1.54) is 30.8 Å². The van der Waals surface area contributed by atoms with Crippen molar-refractivity contribution in [2.45, 2.75) is 43.1 Å². The first-order chi connectivity index (χ1) is 12.1. The van der Waals surface area contributed by atoms with Crippen molar-refractivity contribution in [2.24, 2.45) is 17.8 Å². The van der Waals surface area contributed by atoms with Crippen molar-refractivity contribution in [1.29, 1.82) is 0 Å². The summed E-state index contributed by atoms with van der Waals surface area (Å²) in [5.74, 6) is 5.05. The maximum Gasteiger partial charge on any atom is 0.227 e. The number of ether oxygens (including phenoxy) is 1. The standard InChI is InChI=1S/C20H27NO2S2/c1-13-6-7-18(23-2)17(10-13)21-19(22)14-11-15-4-3-5-16(12-14)20(15)24-8-9-25-20/h6-7,10,14-16H,3-5,8-9,11-12H2,1-2H3,(H,21,22)/t14?,15-,16+. The predicted octanol–water partition coefficient (Wildman–Crippen LogP) is 4.94. The van der Waals surface area contributed by atoms with Gasteiger partial charge in [-0.05, 0) is 62.1 Å². The molecule has 1 saturated heterocycles. The lowest BCUT2D eigenvalue weighted by Crippen LogP contribution is -2.48. The average molecular weight is 378 g/mol. The molecular weight excluding hydrogens is 350 g/mol. The third kappa shape index (κ3) is 3.18. The van der Waals surface area contributed by atoms with Gasteiger partial charge in [0, 0.05) is 17.4 Å². The highest BCUT2D eigenvalue weighted by molar-refractivity contribution is 8.21. The van der Waals surface area contributed by atoms with Gasteiger partial charge in [-0.25, -0.2) is 0 Å². The lowest BCUT2D eigenvalue weighted by Gasteiger charge is -2.52. The van der Waals surface area contributed by atoms with Gasteiger partial charge in [0.15, 0.2) is 0 Å². The zero-order valence-electron chi connectivity index (χ0n) is 15.0. The van der Waals surface area contributed by atoms with E-state index in [2.05, 4.69) is 28.8 Å². The summed E-state index contributed by atoms with van der Waals surface area (Å²) in [7, 11) is 1.66. The number of methoxy groups -OCH3 is 1. The molecule has 1 aromatic carbocycles. The van der Waals surface area contributed by atoms with Crippen LogP contribution in [-0.2, 0) is 4.79 Å². The Bertz CT molecular complexity index is 641. The number of hydrogen-bond donors (Lipinski definition) is 1.